The van der Waals surface area contributed by atoms with Crippen molar-refractivity contribution in [2.75, 3.05) is 30.7 Å². The van der Waals surface area contributed by atoms with Gasteiger partial charge in [0.15, 0.2) is 5.13 Å². The molecule has 0 bridgehead atoms. The lowest BCUT2D eigenvalue weighted by Crippen LogP contribution is -2.25. The van der Waals surface area contributed by atoms with Crippen LogP contribution in [0.5, 0.6) is 0 Å². The highest BCUT2D eigenvalue weighted by Gasteiger charge is 2.06. The van der Waals surface area contributed by atoms with Crippen LogP contribution >= 0.6 is 11.3 Å². The highest BCUT2D eigenvalue weighted by Crippen LogP contribution is 2.20. The molecule has 0 aliphatic rings. The SMILES string of the molecule is CCN(CC)CCCC(C)Nc1ncc(N)s1. The van der Waals surface area contributed by atoms with Crippen LogP contribution in [0.2, 0.25) is 0 Å². The second-order valence-corrected chi connectivity index (χ2v) is 5.34. The summed E-state index contributed by atoms with van der Waals surface area (Å²) in [4.78, 5) is 6.66. The third-order valence-corrected chi connectivity index (χ3v) is 3.66. The van der Waals surface area contributed by atoms with Gasteiger partial charge in [-0.05, 0) is 39.4 Å². The molecule has 98 valence electrons. The molecule has 0 radical (unpaired) electrons. The van der Waals surface area contributed by atoms with Crippen molar-refractivity contribution in [2.24, 2.45) is 0 Å². The van der Waals surface area contributed by atoms with Crippen LogP contribution in [-0.2, 0) is 0 Å². The largest absolute Gasteiger partial charge is 0.389 e. The fourth-order valence-electron chi connectivity index (χ4n) is 1.80. The molecular weight excluding hydrogens is 232 g/mol. The first-order valence-corrected chi connectivity index (χ1v) is 7.17. The molecule has 0 fully saturated rings. The first-order chi connectivity index (χ1) is 8.15. The molecule has 1 heterocycles. The van der Waals surface area contributed by atoms with Crippen LogP contribution in [0.25, 0.3) is 0 Å². The first kappa shape index (κ1) is 14.3. The van der Waals surface area contributed by atoms with Crippen LogP contribution < -0.4 is 11.1 Å². The van der Waals surface area contributed by atoms with Crippen molar-refractivity contribution in [3.8, 4) is 0 Å². The number of hydrogen-bond acceptors (Lipinski definition) is 5. The molecule has 1 aromatic rings. The summed E-state index contributed by atoms with van der Waals surface area (Å²) in [6, 6.07) is 0.455. The Hall–Kier alpha value is -0.810. The van der Waals surface area contributed by atoms with Gasteiger partial charge in [-0.25, -0.2) is 4.98 Å². The third-order valence-electron chi connectivity index (χ3n) is 2.90. The Morgan fingerprint density at radius 3 is 2.71 bits per heavy atom. The smallest absolute Gasteiger partial charge is 0.184 e. The van der Waals surface area contributed by atoms with E-state index in [4.69, 9.17) is 5.73 Å². The Morgan fingerprint density at radius 2 is 2.18 bits per heavy atom. The minimum Gasteiger partial charge on any atom is -0.389 e. The molecule has 17 heavy (non-hydrogen) atoms. The predicted molar refractivity (Wildman–Crippen MR) is 76.6 cm³/mol. The van der Waals surface area contributed by atoms with Gasteiger partial charge in [0.1, 0.15) is 5.00 Å². The Bertz CT molecular complexity index is 309. The average molecular weight is 256 g/mol. The lowest BCUT2D eigenvalue weighted by Gasteiger charge is -2.19. The van der Waals surface area contributed by atoms with Gasteiger partial charge < -0.3 is 16.0 Å². The van der Waals surface area contributed by atoms with Gasteiger partial charge in [-0.15, -0.1) is 0 Å². The van der Waals surface area contributed by atoms with Crippen molar-refractivity contribution in [1.82, 2.24) is 9.88 Å². The molecule has 0 aliphatic heterocycles. The van der Waals surface area contributed by atoms with E-state index in [2.05, 4.69) is 36.0 Å². The maximum absolute atomic E-state index is 5.64. The van der Waals surface area contributed by atoms with Gasteiger partial charge in [-0.1, -0.05) is 25.2 Å². The van der Waals surface area contributed by atoms with Crippen LogP contribution in [0.15, 0.2) is 6.20 Å². The molecule has 0 aliphatic carbocycles. The summed E-state index contributed by atoms with van der Waals surface area (Å²) in [5.74, 6) is 0. The number of nitrogens with two attached hydrogens (primary N) is 1. The van der Waals surface area contributed by atoms with Crippen LogP contribution in [0.4, 0.5) is 10.1 Å². The van der Waals surface area contributed by atoms with Crippen LogP contribution in [0.1, 0.15) is 33.6 Å². The van der Waals surface area contributed by atoms with Gasteiger partial charge in [-0.2, -0.15) is 0 Å². The van der Waals surface area contributed by atoms with Crippen molar-refractivity contribution < 1.29 is 0 Å². The number of aromatic nitrogens is 1. The summed E-state index contributed by atoms with van der Waals surface area (Å²) in [6.45, 7) is 10.1. The number of hydrogen-bond donors (Lipinski definition) is 2. The lowest BCUT2D eigenvalue weighted by atomic mass is 10.2. The summed E-state index contributed by atoms with van der Waals surface area (Å²) in [7, 11) is 0. The van der Waals surface area contributed by atoms with Gasteiger partial charge >= 0.3 is 0 Å². The number of thiazole rings is 1. The average Bonchev–Trinajstić information content (AvgIpc) is 2.70. The van der Waals surface area contributed by atoms with Gasteiger partial charge in [0.2, 0.25) is 0 Å². The molecule has 0 saturated carbocycles. The fraction of sp³-hybridized carbons (Fsp3) is 0.750. The monoisotopic (exact) mass is 256 g/mol. The number of nitrogen functional groups attached to an aromatic ring is 1. The zero-order valence-electron chi connectivity index (χ0n) is 11.1. The van der Waals surface area contributed by atoms with E-state index in [1.165, 1.54) is 24.3 Å². The van der Waals surface area contributed by atoms with Crippen molar-refractivity contribution in [2.45, 2.75) is 39.7 Å². The minimum atomic E-state index is 0.455. The Morgan fingerprint density at radius 1 is 1.47 bits per heavy atom. The van der Waals surface area contributed by atoms with E-state index in [1.54, 1.807) is 6.20 Å². The fourth-order valence-corrected chi connectivity index (χ4v) is 2.49. The van der Waals surface area contributed by atoms with Gasteiger partial charge in [0.25, 0.3) is 0 Å². The lowest BCUT2D eigenvalue weighted by molar-refractivity contribution is 0.295. The predicted octanol–water partition coefficient (Wildman–Crippen LogP) is 2.65. The second kappa shape index (κ2) is 7.50. The zero-order chi connectivity index (χ0) is 12.7. The number of nitrogens with one attached hydrogen (secondary N) is 1. The molecule has 0 amide bonds. The minimum absolute atomic E-state index is 0.455. The summed E-state index contributed by atoms with van der Waals surface area (Å²) in [6.07, 6.45) is 4.09. The molecule has 4 nitrogen and oxygen atoms in total. The van der Waals surface area contributed by atoms with Gasteiger partial charge in [-0.3, -0.25) is 0 Å². The molecule has 1 unspecified atom stereocenters. The van der Waals surface area contributed by atoms with E-state index in [-0.39, 0.29) is 0 Å². The van der Waals surface area contributed by atoms with Gasteiger partial charge in [0, 0.05) is 6.04 Å². The summed E-state index contributed by atoms with van der Waals surface area (Å²) in [5, 5.41) is 5.08. The molecule has 1 rings (SSSR count). The van der Waals surface area contributed by atoms with Crippen LogP contribution in [0.3, 0.4) is 0 Å². The molecule has 3 N–H and O–H groups in total. The highest BCUT2D eigenvalue weighted by atomic mass is 32.1. The maximum Gasteiger partial charge on any atom is 0.184 e. The van der Waals surface area contributed by atoms with Crippen LogP contribution in [0, 0.1) is 0 Å². The van der Waals surface area contributed by atoms with Crippen molar-refractivity contribution in [3.63, 3.8) is 0 Å². The summed E-state index contributed by atoms with van der Waals surface area (Å²) < 4.78 is 0. The van der Waals surface area contributed by atoms with E-state index in [0.717, 1.165) is 29.6 Å². The molecule has 0 spiro atoms. The topological polar surface area (TPSA) is 54.2 Å². The standard InChI is InChI=1S/C12H24N4S/c1-4-16(5-2)8-6-7-10(3)15-12-14-9-11(13)17-12/h9-10H,4-8,13H2,1-3H3,(H,14,15). The number of rotatable bonds is 8. The zero-order valence-corrected chi connectivity index (χ0v) is 11.9. The quantitative estimate of drug-likeness (QED) is 0.751. The second-order valence-electron chi connectivity index (χ2n) is 4.28. The van der Waals surface area contributed by atoms with Crippen molar-refractivity contribution in [1.29, 1.82) is 0 Å². The highest BCUT2D eigenvalue weighted by molar-refractivity contribution is 7.19. The van der Waals surface area contributed by atoms with Crippen molar-refractivity contribution >= 4 is 21.5 Å². The van der Waals surface area contributed by atoms with Crippen LogP contribution in [-0.4, -0.2) is 35.6 Å². The molecule has 1 atom stereocenters. The normalized spacial score (nSPS) is 12.9. The number of anilines is 2. The molecule has 1 aromatic heterocycles. The Labute approximate surface area is 108 Å². The summed E-state index contributed by atoms with van der Waals surface area (Å²) in [5.41, 5.74) is 5.64. The van der Waals surface area contributed by atoms with E-state index >= 15 is 0 Å². The van der Waals surface area contributed by atoms with E-state index < -0.39 is 0 Å². The molecule has 0 saturated heterocycles. The molecular formula is C12H24N4S. The summed E-state index contributed by atoms with van der Waals surface area (Å²) >= 11 is 1.51. The maximum atomic E-state index is 5.64. The Kier molecular flexibility index (Phi) is 6.29. The first-order valence-electron chi connectivity index (χ1n) is 6.35. The third kappa shape index (κ3) is 5.37. The van der Waals surface area contributed by atoms with Crippen molar-refractivity contribution in [3.05, 3.63) is 6.20 Å². The number of nitrogens with zero attached hydrogens (tertiary/aromatic N) is 2. The van der Waals surface area contributed by atoms with E-state index in [0.29, 0.717) is 6.04 Å². The Balaban J connectivity index is 2.19. The van der Waals surface area contributed by atoms with E-state index in [1.807, 2.05) is 0 Å². The molecule has 0 aromatic carbocycles. The van der Waals surface area contributed by atoms with E-state index in [9.17, 15) is 0 Å². The molecule has 5 heteroatoms. The van der Waals surface area contributed by atoms with Gasteiger partial charge in [0.05, 0.1) is 6.20 Å².